The highest BCUT2D eigenvalue weighted by Gasteiger charge is 2.20. The second kappa shape index (κ2) is 8.53. The molecule has 2 aromatic carbocycles. The van der Waals surface area contributed by atoms with Crippen LogP contribution < -0.4 is 10.9 Å². The summed E-state index contributed by atoms with van der Waals surface area (Å²) in [6, 6.07) is 15.5. The number of carbonyl (C=O) groups is 1. The van der Waals surface area contributed by atoms with Crippen molar-refractivity contribution in [3.05, 3.63) is 75.7 Å². The lowest BCUT2D eigenvalue weighted by atomic mass is 9.97. The Morgan fingerprint density at radius 2 is 1.91 bits per heavy atom. The number of hydrogen-bond acceptors (Lipinski definition) is 5. The van der Waals surface area contributed by atoms with Crippen LogP contribution in [0.3, 0.4) is 0 Å². The van der Waals surface area contributed by atoms with Crippen molar-refractivity contribution in [2.75, 3.05) is 5.32 Å². The fourth-order valence-corrected chi connectivity index (χ4v) is 5.81. The second-order valence-electron chi connectivity index (χ2n) is 8.61. The number of rotatable bonds is 5. The molecule has 6 rings (SSSR count). The lowest BCUT2D eigenvalue weighted by Crippen LogP contribution is -2.24. The Morgan fingerprint density at radius 1 is 1.09 bits per heavy atom. The molecule has 2 N–H and O–H groups in total. The largest absolute Gasteiger partial charge is 0.338 e. The van der Waals surface area contributed by atoms with Crippen LogP contribution in [0, 0.1) is 0 Å². The Labute approximate surface area is 199 Å². The van der Waals surface area contributed by atoms with E-state index < -0.39 is 0 Å². The maximum Gasteiger partial charge on any atom is 0.262 e. The average Bonchev–Trinajstić information content (AvgIpc) is 3.46. The number of hydrogen-bond donors (Lipinski definition) is 2. The van der Waals surface area contributed by atoms with E-state index in [1.54, 1.807) is 22.2 Å². The Hall–Kier alpha value is -3.78. The topological polar surface area (TPSA) is 92.7 Å². The van der Waals surface area contributed by atoms with Gasteiger partial charge in [0.1, 0.15) is 10.7 Å². The van der Waals surface area contributed by atoms with E-state index in [1.807, 2.05) is 48.5 Å². The molecule has 3 aromatic heterocycles. The number of H-pyrrole nitrogens is 1. The normalized spacial score (nSPS) is 13.3. The van der Waals surface area contributed by atoms with Crippen molar-refractivity contribution >= 4 is 44.2 Å². The number of amides is 1. The molecule has 0 saturated carbocycles. The molecule has 0 aliphatic heterocycles. The number of anilines is 1. The smallest absolute Gasteiger partial charge is 0.262 e. The number of para-hydroxylation sites is 2. The van der Waals surface area contributed by atoms with Crippen molar-refractivity contribution in [1.82, 2.24) is 19.5 Å². The number of imidazole rings is 1. The third-order valence-corrected chi connectivity index (χ3v) is 7.55. The molecule has 170 valence electrons. The highest BCUT2D eigenvalue weighted by Crippen LogP contribution is 2.33. The Balaban J connectivity index is 1.13. The van der Waals surface area contributed by atoms with Crippen LogP contribution in [0.25, 0.3) is 32.6 Å². The van der Waals surface area contributed by atoms with Crippen LogP contribution in [0.1, 0.15) is 29.7 Å². The summed E-state index contributed by atoms with van der Waals surface area (Å²) in [5, 5.41) is 3.67. The molecule has 5 aromatic rings. The van der Waals surface area contributed by atoms with Crippen molar-refractivity contribution in [2.45, 2.75) is 38.6 Å². The fourth-order valence-electron chi connectivity index (χ4n) is 4.59. The number of aromatic amines is 1. The van der Waals surface area contributed by atoms with Gasteiger partial charge in [0, 0.05) is 29.1 Å². The zero-order valence-electron chi connectivity index (χ0n) is 18.5. The number of benzene rings is 2. The summed E-state index contributed by atoms with van der Waals surface area (Å²) in [5.74, 6) is 0.646. The maximum atomic E-state index is 13.1. The summed E-state index contributed by atoms with van der Waals surface area (Å²) in [4.78, 5) is 40.2. The standard InChI is InChI=1S/C26H23N5O2S/c32-22(13-14-31-15-27-25-23(26(31)33)18-5-1-4-8-21(18)34-25)28-17-11-9-16(10-12-17)24-29-19-6-2-3-7-20(19)30-24/h2-3,6-7,9-12,15H,1,4-5,8,13-14H2,(H,28,32)(H,29,30). The summed E-state index contributed by atoms with van der Waals surface area (Å²) in [6.45, 7) is 0.301. The molecule has 3 heterocycles. The van der Waals surface area contributed by atoms with Gasteiger partial charge in [0.05, 0.1) is 22.7 Å². The first-order valence-corrected chi connectivity index (χ1v) is 12.3. The number of thiophene rings is 1. The predicted molar refractivity (Wildman–Crippen MR) is 135 cm³/mol. The third kappa shape index (κ3) is 3.80. The molecule has 7 nitrogen and oxygen atoms in total. The van der Waals surface area contributed by atoms with Crippen LogP contribution in [0.15, 0.2) is 59.7 Å². The number of aromatic nitrogens is 4. The highest BCUT2D eigenvalue weighted by atomic mass is 32.1. The summed E-state index contributed by atoms with van der Waals surface area (Å²) in [7, 11) is 0. The van der Waals surface area contributed by atoms with Crippen molar-refractivity contribution in [2.24, 2.45) is 0 Å². The molecule has 1 aliphatic carbocycles. The van der Waals surface area contributed by atoms with E-state index >= 15 is 0 Å². The summed E-state index contributed by atoms with van der Waals surface area (Å²) in [6.07, 6.45) is 6.04. The number of carbonyl (C=O) groups excluding carboxylic acids is 1. The Morgan fingerprint density at radius 3 is 2.76 bits per heavy atom. The van der Waals surface area contributed by atoms with Crippen LogP contribution >= 0.6 is 11.3 Å². The van der Waals surface area contributed by atoms with Gasteiger partial charge in [0.15, 0.2) is 0 Å². The van der Waals surface area contributed by atoms with Gasteiger partial charge in [-0.1, -0.05) is 12.1 Å². The first-order valence-electron chi connectivity index (χ1n) is 11.5. The van der Waals surface area contributed by atoms with E-state index in [0.717, 1.165) is 51.9 Å². The van der Waals surface area contributed by atoms with Gasteiger partial charge in [-0.15, -0.1) is 11.3 Å². The fraction of sp³-hybridized carbons (Fsp3) is 0.231. The molecule has 0 saturated heterocycles. The molecule has 1 amide bonds. The molecule has 34 heavy (non-hydrogen) atoms. The second-order valence-corrected chi connectivity index (χ2v) is 9.70. The molecule has 0 radical (unpaired) electrons. The molecular formula is C26H23N5O2S. The zero-order valence-corrected chi connectivity index (χ0v) is 19.3. The number of nitrogens with one attached hydrogen (secondary N) is 2. The van der Waals surface area contributed by atoms with Gasteiger partial charge in [0.25, 0.3) is 5.56 Å². The van der Waals surface area contributed by atoms with Crippen LogP contribution in [0.4, 0.5) is 5.69 Å². The van der Waals surface area contributed by atoms with Crippen molar-refractivity contribution in [3.8, 4) is 11.4 Å². The number of nitrogens with zero attached hydrogens (tertiary/aromatic N) is 3. The molecule has 1 aliphatic rings. The van der Waals surface area contributed by atoms with E-state index in [2.05, 4.69) is 20.3 Å². The number of aryl methyl sites for hydroxylation is 3. The van der Waals surface area contributed by atoms with E-state index in [0.29, 0.717) is 12.2 Å². The first kappa shape index (κ1) is 20.8. The van der Waals surface area contributed by atoms with E-state index in [-0.39, 0.29) is 17.9 Å². The van der Waals surface area contributed by atoms with E-state index in [9.17, 15) is 9.59 Å². The van der Waals surface area contributed by atoms with Crippen LogP contribution in [-0.4, -0.2) is 25.4 Å². The van der Waals surface area contributed by atoms with Gasteiger partial charge < -0.3 is 10.3 Å². The Kier molecular flexibility index (Phi) is 5.22. The third-order valence-electron chi connectivity index (χ3n) is 6.35. The van der Waals surface area contributed by atoms with E-state index in [1.165, 1.54) is 16.9 Å². The minimum atomic E-state index is -0.143. The SMILES string of the molecule is O=C(CCn1cnc2sc3c(c2c1=O)CCCC3)Nc1ccc(-c2nc3ccccc3[nH]2)cc1. The van der Waals surface area contributed by atoms with Crippen molar-refractivity contribution in [1.29, 1.82) is 0 Å². The van der Waals surface area contributed by atoms with Crippen LogP contribution in [0.2, 0.25) is 0 Å². The molecule has 0 atom stereocenters. The maximum absolute atomic E-state index is 13.1. The average molecular weight is 470 g/mol. The van der Waals surface area contributed by atoms with Gasteiger partial charge in [0.2, 0.25) is 5.91 Å². The lowest BCUT2D eigenvalue weighted by Gasteiger charge is -2.10. The van der Waals surface area contributed by atoms with Gasteiger partial charge in [-0.3, -0.25) is 14.2 Å². The zero-order chi connectivity index (χ0) is 23.1. The summed E-state index contributed by atoms with van der Waals surface area (Å²) >= 11 is 1.64. The minimum Gasteiger partial charge on any atom is -0.338 e. The summed E-state index contributed by atoms with van der Waals surface area (Å²) < 4.78 is 1.56. The van der Waals surface area contributed by atoms with Crippen molar-refractivity contribution < 1.29 is 4.79 Å². The van der Waals surface area contributed by atoms with Gasteiger partial charge in [-0.25, -0.2) is 9.97 Å². The van der Waals surface area contributed by atoms with Gasteiger partial charge >= 0.3 is 0 Å². The molecule has 0 spiro atoms. The highest BCUT2D eigenvalue weighted by molar-refractivity contribution is 7.18. The molecule has 8 heteroatoms. The number of fused-ring (bicyclic) bond motifs is 4. The van der Waals surface area contributed by atoms with E-state index in [4.69, 9.17) is 0 Å². The quantitative estimate of drug-likeness (QED) is 0.383. The van der Waals surface area contributed by atoms with Crippen LogP contribution in [-0.2, 0) is 24.2 Å². The minimum absolute atomic E-state index is 0.0348. The molecular weight excluding hydrogens is 446 g/mol. The molecule has 0 bridgehead atoms. The van der Waals surface area contributed by atoms with Crippen LogP contribution in [0.5, 0.6) is 0 Å². The van der Waals surface area contributed by atoms with Gasteiger partial charge in [-0.2, -0.15) is 0 Å². The van der Waals surface area contributed by atoms with Gasteiger partial charge in [-0.05, 0) is 67.6 Å². The first-order chi connectivity index (χ1) is 16.7. The predicted octanol–water partition coefficient (Wildman–Crippen LogP) is 4.91. The lowest BCUT2D eigenvalue weighted by molar-refractivity contribution is -0.116. The molecule has 0 unspecified atom stereocenters. The molecule has 0 fully saturated rings. The van der Waals surface area contributed by atoms with Crippen molar-refractivity contribution in [3.63, 3.8) is 0 Å². The summed E-state index contributed by atoms with van der Waals surface area (Å²) in [5.41, 5.74) is 4.69. The monoisotopic (exact) mass is 469 g/mol. The Bertz CT molecular complexity index is 1550.